The topological polar surface area (TPSA) is 55.6 Å². The molecule has 0 radical (unpaired) electrons. The zero-order chi connectivity index (χ0) is 13.1. The fourth-order valence-electron chi connectivity index (χ4n) is 3.16. The molecule has 1 unspecified atom stereocenters. The number of hydrogen-bond acceptors (Lipinski definition) is 3. The normalized spacial score (nSPS) is 32.4. The molecule has 2 aliphatic heterocycles. The minimum Gasteiger partial charge on any atom is -0.364 e. The lowest BCUT2D eigenvalue weighted by Crippen LogP contribution is -2.43. The second-order valence-electron chi connectivity index (χ2n) is 6.02. The number of carbonyl (C=O) groups is 1. The molecule has 4 nitrogen and oxygen atoms in total. The highest BCUT2D eigenvalue weighted by atomic mass is 16.5. The molecule has 0 saturated carbocycles. The minimum atomic E-state index is -0.230. The maximum atomic E-state index is 12.5. The molecular weight excluding hydrogens is 228 g/mol. The lowest BCUT2D eigenvalue weighted by molar-refractivity contribution is -0.143. The van der Waals surface area contributed by atoms with E-state index in [0.717, 1.165) is 38.6 Å². The molecule has 0 aliphatic carbocycles. The van der Waals surface area contributed by atoms with E-state index >= 15 is 0 Å². The van der Waals surface area contributed by atoms with E-state index in [9.17, 15) is 4.79 Å². The second-order valence-corrected chi connectivity index (χ2v) is 6.02. The number of hydrogen-bond donors (Lipinski definition) is 1. The number of amides is 1. The van der Waals surface area contributed by atoms with Gasteiger partial charge in [0.1, 0.15) is 6.10 Å². The van der Waals surface area contributed by atoms with Gasteiger partial charge in [0.2, 0.25) is 0 Å². The van der Waals surface area contributed by atoms with Crippen LogP contribution < -0.4 is 5.73 Å². The van der Waals surface area contributed by atoms with E-state index in [-0.39, 0.29) is 18.1 Å². The van der Waals surface area contributed by atoms with Crippen molar-refractivity contribution in [3.63, 3.8) is 0 Å². The van der Waals surface area contributed by atoms with Crippen LogP contribution in [0.2, 0.25) is 0 Å². The Hall–Kier alpha value is -0.610. The second kappa shape index (κ2) is 6.02. The van der Waals surface area contributed by atoms with Gasteiger partial charge in [-0.25, -0.2) is 0 Å². The van der Waals surface area contributed by atoms with Crippen molar-refractivity contribution in [2.45, 2.75) is 64.2 Å². The van der Waals surface area contributed by atoms with Crippen molar-refractivity contribution in [3.8, 4) is 0 Å². The summed E-state index contributed by atoms with van der Waals surface area (Å²) in [5, 5.41) is 0. The summed E-state index contributed by atoms with van der Waals surface area (Å²) in [4.78, 5) is 14.5. The van der Waals surface area contributed by atoms with Crippen LogP contribution in [-0.4, -0.2) is 42.1 Å². The predicted octanol–water partition coefficient (Wildman–Crippen LogP) is 1.53. The van der Waals surface area contributed by atoms with Crippen molar-refractivity contribution in [2.75, 3.05) is 13.1 Å². The molecule has 4 heteroatoms. The Morgan fingerprint density at radius 1 is 1.39 bits per heavy atom. The van der Waals surface area contributed by atoms with Crippen LogP contribution in [0.3, 0.4) is 0 Å². The van der Waals surface area contributed by atoms with E-state index in [1.165, 1.54) is 0 Å². The first-order valence-corrected chi connectivity index (χ1v) is 7.27. The van der Waals surface area contributed by atoms with Crippen LogP contribution in [-0.2, 0) is 9.53 Å². The Bertz CT molecular complexity index is 294. The SMILES string of the molecule is CC(C)CC1CCCN1C(=O)[C@@H]1CC[C@H](CN)O1. The predicted molar refractivity (Wildman–Crippen MR) is 71.1 cm³/mol. The van der Waals surface area contributed by atoms with Crippen molar-refractivity contribution in [1.29, 1.82) is 0 Å². The number of nitrogens with zero attached hydrogens (tertiary/aromatic N) is 1. The number of rotatable bonds is 4. The van der Waals surface area contributed by atoms with E-state index in [0.29, 0.717) is 18.5 Å². The average Bonchev–Trinajstić information content (AvgIpc) is 2.95. The first kappa shape index (κ1) is 13.8. The third-order valence-corrected chi connectivity index (χ3v) is 4.05. The molecule has 0 aromatic rings. The average molecular weight is 254 g/mol. The van der Waals surface area contributed by atoms with E-state index in [2.05, 4.69) is 18.7 Å². The molecule has 2 aliphatic rings. The van der Waals surface area contributed by atoms with Crippen LogP contribution >= 0.6 is 0 Å². The molecule has 18 heavy (non-hydrogen) atoms. The third kappa shape index (κ3) is 3.04. The zero-order valence-corrected chi connectivity index (χ0v) is 11.6. The quantitative estimate of drug-likeness (QED) is 0.827. The molecule has 2 fully saturated rings. The Morgan fingerprint density at radius 3 is 2.78 bits per heavy atom. The van der Waals surface area contributed by atoms with Gasteiger partial charge in [-0.1, -0.05) is 13.8 Å². The maximum Gasteiger partial charge on any atom is 0.251 e. The van der Waals surface area contributed by atoms with E-state index in [4.69, 9.17) is 10.5 Å². The molecule has 2 heterocycles. The van der Waals surface area contributed by atoms with Gasteiger partial charge < -0.3 is 15.4 Å². The fraction of sp³-hybridized carbons (Fsp3) is 0.929. The number of carbonyl (C=O) groups excluding carboxylic acids is 1. The van der Waals surface area contributed by atoms with Gasteiger partial charge in [0.15, 0.2) is 0 Å². The molecule has 104 valence electrons. The van der Waals surface area contributed by atoms with Crippen LogP contribution in [0.15, 0.2) is 0 Å². The highest BCUT2D eigenvalue weighted by Gasteiger charge is 2.37. The Kier molecular flexibility index (Phi) is 4.62. The van der Waals surface area contributed by atoms with Gasteiger partial charge in [-0.15, -0.1) is 0 Å². The van der Waals surface area contributed by atoms with Gasteiger partial charge in [0.05, 0.1) is 6.10 Å². The van der Waals surface area contributed by atoms with E-state index < -0.39 is 0 Å². The summed E-state index contributed by atoms with van der Waals surface area (Å²) in [6.07, 6.45) is 5.02. The zero-order valence-electron chi connectivity index (χ0n) is 11.6. The lowest BCUT2D eigenvalue weighted by Gasteiger charge is -2.28. The first-order chi connectivity index (χ1) is 8.61. The molecule has 2 saturated heterocycles. The van der Waals surface area contributed by atoms with Gasteiger partial charge in [-0.2, -0.15) is 0 Å². The largest absolute Gasteiger partial charge is 0.364 e. The summed E-state index contributed by atoms with van der Waals surface area (Å²) < 4.78 is 5.72. The number of ether oxygens (including phenoxy) is 1. The summed E-state index contributed by atoms with van der Waals surface area (Å²) in [5.74, 6) is 0.846. The van der Waals surface area contributed by atoms with Gasteiger partial charge in [0, 0.05) is 19.1 Å². The summed E-state index contributed by atoms with van der Waals surface area (Å²) in [7, 11) is 0. The maximum absolute atomic E-state index is 12.5. The standard InChI is InChI=1S/C14H26N2O2/c1-10(2)8-11-4-3-7-16(11)14(17)13-6-5-12(9-15)18-13/h10-13H,3-9,15H2,1-2H3/t11?,12-,13+/m1/s1. The molecule has 0 aromatic carbocycles. The van der Waals surface area contributed by atoms with Gasteiger partial charge in [-0.3, -0.25) is 4.79 Å². The molecule has 0 spiro atoms. The van der Waals surface area contributed by atoms with Crippen molar-refractivity contribution in [1.82, 2.24) is 4.90 Å². The van der Waals surface area contributed by atoms with Gasteiger partial charge in [-0.05, 0) is 38.0 Å². The molecule has 0 bridgehead atoms. The smallest absolute Gasteiger partial charge is 0.251 e. The Labute approximate surface area is 110 Å². The molecule has 3 atom stereocenters. The molecule has 2 N–H and O–H groups in total. The van der Waals surface area contributed by atoms with E-state index in [1.807, 2.05) is 0 Å². The van der Waals surface area contributed by atoms with Crippen LogP contribution in [0.25, 0.3) is 0 Å². The van der Waals surface area contributed by atoms with Crippen molar-refractivity contribution >= 4 is 5.91 Å². The summed E-state index contributed by atoms with van der Waals surface area (Å²) >= 11 is 0. The van der Waals surface area contributed by atoms with Crippen LogP contribution in [0.4, 0.5) is 0 Å². The minimum absolute atomic E-state index is 0.0881. The summed E-state index contributed by atoms with van der Waals surface area (Å²) in [6, 6.07) is 0.429. The summed E-state index contributed by atoms with van der Waals surface area (Å²) in [6.45, 7) is 5.87. The summed E-state index contributed by atoms with van der Waals surface area (Å²) in [5.41, 5.74) is 5.59. The van der Waals surface area contributed by atoms with Gasteiger partial charge in [0.25, 0.3) is 5.91 Å². The van der Waals surface area contributed by atoms with Crippen molar-refractivity contribution in [3.05, 3.63) is 0 Å². The van der Waals surface area contributed by atoms with E-state index in [1.54, 1.807) is 0 Å². The lowest BCUT2D eigenvalue weighted by atomic mass is 10.0. The van der Waals surface area contributed by atoms with Crippen LogP contribution in [0.5, 0.6) is 0 Å². The Morgan fingerprint density at radius 2 is 2.17 bits per heavy atom. The Balaban J connectivity index is 1.91. The highest BCUT2D eigenvalue weighted by molar-refractivity contribution is 5.81. The molecular formula is C14H26N2O2. The number of nitrogens with two attached hydrogens (primary N) is 1. The van der Waals surface area contributed by atoms with Crippen LogP contribution in [0.1, 0.15) is 46.0 Å². The third-order valence-electron chi connectivity index (χ3n) is 4.05. The fourth-order valence-corrected chi connectivity index (χ4v) is 3.16. The van der Waals surface area contributed by atoms with Crippen LogP contribution in [0, 0.1) is 5.92 Å². The highest BCUT2D eigenvalue weighted by Crippen LogP contribution is 2.28. The molecule has 0 aromatic heterocycles. The molecule has 1 amide bonds. The number of likely N-dealkylation sites (tertiary alicyclic amines) is 1. The first-order valence-electron chi connectivity index (χ1n) is 7.27. The monoisotopic (exact) mass is 254 g/mol. The van der Waals surface area contributed by atoms with Crippen molar-refractivity contribution in [2.24, 2.45) is 11.7 Å². The van der Waals surface area contributed by atoms with Gasteiger partial charge >= 0.3 is 0 Å². The van der Waals surface area contributed by atoms with Crippen molar-refractivity contribution < 1.29 is 9.53 Å². The molecule has 2 rings (SSSR count).